The Kier molecular flexibility index (Phi) is 5.86. The number of halogens is 1. The van der Waals surface area contributed by atoms with Gasteiger partial charge in [0, 0.05) is 16.1 Å². The van der Waals surface area contributed by atoms with Crippen molar-refractivity contribution in [1.82, 2.24) is 5.32 Å². The van der Waals surface area contributed by atoms with Crippen LogP contribution in [0.5, 0.6) is 0 Å². The number of benzene rings is 3. The minimum Gasteiger partial charge on any atom is -0.480 e. The van der Waals surface area contributed by atoms with E-state index in [0.29, 0.717) is 22.9 Å². The fraction of sp³-hybridized carbons (Fsp3) is 0.200. The summed E-state index contributed by atoms with van der Waals surface area (Å²) < 4.78 is 0. The summed E-state index contributed by atoms with van der Waals surface area (Å²) >= 11 is 6.40. The Bertz CT molecular complexity index is 1060. The van der Waals surface area contributed by atoms with Gasteiger partial charge in [-0.1, -0.05) is 79.0 Å². The van der Waals surface area contributed by atoms with Crippen molar-refractivity contribution in [2.45, 2.75) is 25.3 Å². The predicted octanol–water partition coefficient (Wildman–Crippen LogP) is 5.66. The Morgan fingerprint density at radius 2 is 1.57 bits per heavy atom. The molecule has 0 aliphatic heterocycles. The first-order valence-corrected chi connectivity index (χ1v) is 10.4. The van der Waals surface area contributed by atoms with Crippen LogP contribution in [0.25, 0.3) is 22.3 Å². The molecule has 30 heavy (non-hydrogen) atoms. The van der Waals surface area contributed by atoms with Gasteiger partial charge >= 0.3 is 5.97 Å². The maximum atomic E-state index is 12.7. The van der Waals surface area contributed by atoms with Gasteiger partial charge in [0.15, 0.2) is 0 Å². The van der Waals surface area contributed by atoms with Gasteiger partial charge in [-0.05, 0) is 47.2 Å². The standard InChI is InChI=1S/C25H22ClNO3/c26-22-13-12-20(24(28)27-23(25(29)30)14-16-6-7-16)15-21(22)19-10-8-18(9-11-19)17-4-2-1-3-5-17/h1-5,8-13,15-16,23H,6-7,14H2,(H,27,28)(H,29,30)/t23-/m1/s1. The first-order chi connectivity index (χ1) is 14.5. The van der Waals surface area contributed by atoms with Crippen molar-refractivity contribution < 1.29 is 14.7 Å². The lowest BCUT2D eigenvalue weighted by Gasteiger charge is -2.15. The molecule has 0 bridgehead atoms. The van der Waals surface area contributed by atoms with E-state index < -0.39 is 17.9 Å². The molecule has 0 unspecified atom stereocenters. The Morgan fingerprint density at radius 1 is 0.933 bits per heavy atom. The van der Waals surface area contributed by atoms with Crippen LogP contribution < -0.4 is 5.32 Å². The number of rotatable bonds is 7. The van der Waals surface area contributed by atoms with Crippen LogP contribution in [0.4, 0.5) is 0 Å². The van der Waals surface area contributed by atoms with Gasteiger partial charge in [0.1, 0.15) is 6.04 Å². The van der Waals surface area contributed by atoms with Crippen LogP contribution in [0.15, 0.2) is 72.8 Å². The number of aliphatic carboxylic acids is 1. The minimum absolute atomic E-state index is 0.392. The molecule has 2 N–H and O–H groups in total. The molecule has 1 aliphatic rings. The Labute approximate surface area is 180 Å². The number of carboxylic acids is 1. The molecular weight excluding hydrogens is 398 g/mol. The molecule has 152 valence electrons. The van der Waals surface area contributed by atoms with E-state index in [1.165, 1.54) is 0 Å². The Hall–Kier alpha value is -3.11. The van der Waals surface area contributed by atoms with Crippen molar-refractivity contribution in [2.24, 2.45) is 5.92 Å². The average Bonchev–Trinajstić information content (AvgIpc) is 3.58. The lowest BCUT2D eigenvalue weighted by Crippen LogP contribution is -2.41. The third kappa shape index (κ3) is 4.71. The van der Waals surface area contributed by atoms with E-state index in [9.17, 15) is 14.7 Å². The molecule has 1 saturated carbocycles. The van der Waals surface area contributed by atoms with Gasteiger partial charge in [-0.2, -0.15) is 0 Å². The van der Waals surface area contributed by atoms with Crippen molar-refractivity contribution in [2.75, 3.05) is 0 Å². The molecule has 1 atom stereocenters. The summed E-state index contributed by atoms with van der Waals surface area (Å²) in [5.74, 6) is -1.00. The van der Waals surface area contributed by atoms with Crippen LogP contribution >= 0.6 is 11.6 Å². The second-order valence-corrected chi connectivity index (χ2v) is 8.09. The van der Waals surface area contributed by atoms with Gasteiger partial charge < -0.3 is 10.4 Å². The van der Waals surface area contributed by atoms with Crippen molar-refractivity contribution >= 4 is 23.5 Å². The average molecular weight is 420 g/mol. The molecule has 3 aromatic carbocycles. The summed E-state index contributed by atoms with van der Waals surface area (Å²) in [7, 11) is 0. The van der Waals surface area contributed by atoms with Crippen molar-refractivity contribution in [1.29, 1.82) is 0 Å². The Balaban J connectivity index is 1.55. The van der Waals surface area contributed by atoms with E-state index in [4.69, 9.17) is 11.6 Å². The van der Waals surface area contributed by atoms with Crippen LogP contribution in [0.2, 0.25) is 5.02 Å². The molecule has 5 heteroatoms. The largest absolute Gasteiger partial charge is 0.480 e. The number of carbonyl (C=O) groups excluding carboxylic acids is 1. The summed E-state index contributed by atoms with van der Waals surface area (Å²) in [5, 5.41) is 12.6. The first kappa shape index (κ1) is 20.2. The highest BCUT2D eigenvalue weighted by Gasteiger charge is 2.30. The summed E-state index contributed by atoms with van der Waals surface area (Å²) in [6.07, 6.45) is 2.54. The predicted molar refractivity (Wildman–Crippen MR) is 119 cm³/mol. The molecule has 4 nitrogen and oxygen atoms in total. The number of hydrogen-bond acceptors (Lipinski definition) is 2. The molecule has 0 aromatic heterocycles. The van der Waals surface area contributed by atoms with E-state index in [1.54, 1.807) is 18.2 Å². The molecule has 0 saturated heterocycles. The second-order valence-electron chi connectivity index (χ2n) is 7.68. The highest BCUT2D eigenvalue weighted by atomic mass is 35.5. The minimum atomic E-state index is -0.999. The first-order valence-electron chi connectivity index (χ1n) is 10.0. The van der Waals surface area contributed by atoms with Crippen LogP contribution in [0.3, 0.4) is 0 Å². The van der Waals surface area contributed by atoms with Crippen molar-refractivity contribution in [3.05, 3.63) is 83.4 Å². The number of hydrogen-bond donors (Lipinski definition) is 2. The number of nitrogens with one attached hydrogen (secondary N) is 1. The monoisotopic (exact) mass is 419 g/mol. The van der Waals surface area contributed by atoms with E-state index >= 15 is 0 Å². The fourth-order valence-corrected chi connectivity index (χ4v) is 3.74. The maximum Gasteiger partial charge on any atom is 0.326 e. The van der Waals surface area contributed by atoms with Crippen molar-refractivity contribution in [3.63, 3.8) is 0 Å². The highest BCUT2D eigenvalue weighted by Crippen LogP contribution is 2.34. The number of carboxylic acid groups (broad SMARTS) is 1. The van der Waals surface area contributed by atoms with Crippen LogP contribution in [-0.4, -0.2) is 23.0 Å². The maximum absolute atomic E-state index is 12.7. The summed E-state index contributed by atoms with van der Waals surface area (Å²) in [6.45, 7) is 0. The molecule has 0 spiro atoms. The lowest BCUT2D eigenvalue weighted by molar-refractivity contribution is -0.139. The van der Waals surface area contributed by atoms with E-state index in [-0.39, 0.29) is 0 Å². The smallest absolute Gasteiger partial charge is 0.326 e. The molecule has 1 fully saturated rings. The molecule has 0 heterocycles. The summed E-state index contributed by atoms with van der Waals surface area (Å²) in [5.41, 5.74) is 4.23. The SMILES string of the molecule is O=C(N[C@H](CC1CC1)C(=O)O)c1ccc(Cl)c(-c2ccc(-c3ccccc3)cc2)c1. The molecule has 3 aromatic rings. The normalized spacial score (nSPS) is 14.2. The zero-order chi connectivity index (χ0) is 21.1. The quantitative estimate of drug-likeness (QED) is 0.519. The highest BCUT2D eigenvalue weighted by molar-refractivity contribution is 6.33. The molecule has 1 amide bonds. The zero-order valence-corrected chi connectivity index (χ0v) is 17.1. The van der Waals surface area contributed by atoms with Crippen LogP contribution in [-0.2, 0) is 4.79 Å². The van der Waals surface area contributed by atoms with Gasteiger partial charge in [-0.3, -0.25) is 4.79 Å². The van der Waals surface area contributed by atoms with Crippen LogP contribution in [0, 0.1) is 5.92 Å². The van der Waals surface area contributed by atoms with E-state index in [2.05, 4.69) is 5.32 Å². The van der Waals surface area contributed by atoms with E-state index in [0.717, 1.165) is 35.1 Å². The third-order valence-electron chi connectivity index (χ3n) is 5.40. The molecule has 0 radical (unpaired) electrons. The second kappa shape index (κ2) is 8.72. The number of carbonyl (C=O) groups is 2. The Morgan fingerprint density at radius 3 is 2.20 bits per heavy atom. The molecular formula is C25H22ClNO3. The van der Waals surface area contributed by atoms with Gasteiger partial charge in [-0.25, -0.2) is 4.79 Å². The van der Waals surface area contributed by atoms with Crippen molar-refractivity contribution in [3.8, 4) is 22.3 Å². The summed E-state index contributed by atoms with van der Waals surface area (Å²) in [6, 6.07) is 22.2. The van der Waals surface area contributed by atoms with Gasteiger partial charge in [-0.15, -0.1) is 0 Å². The van der Waals surface area contributed by atoms with E-state index in [1.807, 2.05) is 54.6 Å². The van der Waals surface area contributed by atoms with Gasteiger partial charge in [0.2, 0.25) is 0 Å². The zero-order valence-electron chi connectivity index (χ0n) is 16.3. The fourth-order valence-electron chi connectivity index (χ4n) is 3.51. The molecule has 4 rings (SSSR count). The van der Waals surface area contributed by atoms with Gasteiger partial charge in [0.25, 0.3) is 5.91 Å². The molecule has 1 aliphatic carbocycles. The topological polar surface area (TPSA) is 66.4 Å². The lowest BCUT2D eigenvalue weighted by atomic mass is 9.99. The third-order valence-corrected chi connectivity index (χ3v) is 5.73. The van der Waals surface area contributed by atoms with Crippen LogP contribution in [0.1, 0.15) is 29.6 Å². The summed E-state index contributed by atoms with van der Waals surface area (Å²) in [4.78, 5) is 24.2. The van der Waals surface area contributed by atoms with Gasteiger partial charge in [0.05, 0.1) is 0 Å². The number of amides is 1.